The molecule has 0 bridgehead atoms. The van der Waals surface area contributed by atoms with Crippen molar-refractivity contribution in [3.05, 3.63) is 23.2 Å². The summed E-state index contributed by atoms with van der Waals surface area (Å²) in [5.74, 6) is -0.621. The molecule has 0 saturated heterocycles. The SMILES string of the molecule is NC(=O)COCCNS(=O)(=O)c1ccc(Cl)cc1N. The summed E-state index contributed by atoms with van der Waals surface area (Å²) in [7, 11) is -3.74. The normalized spacial score (nSPS) is 11.4. The number of nitrogens with two attached hydrogens (primary N) is 2. The molecule has 0 unspecified atom stereocenters. The molecule has 0 aliphatic carbocycles. The summed E-state index contributed by atoms with van der Waals surface area (Å²) in [6.45, 7) is -0.238. The smallest absolute Gasteiger partial charge is 0.243 e. The van der Waals surface area contributed by atoms with Gasteiger partial charge >= 0.3 is 0 Å². The van der Waals surface area contributed by atoms with Crippen LogP contribution in [0.5, 0.6) is 0 Å². The summed E-state index contributed by atoms with van der Waals surface area (Å²) >= 11 is 5.68. The van der Waals surface area contributed by atoms with E-state index in [1.165, 1.54) is 18.2 Å². The third kappa shape index (κ3) is 5.03. The van der Waals surface area contributed by atoms with Gasteiger partial charge in [0.05, 0.1) is 12.3 Å². The molecular weight excluding hydrogens is 294 g/mol. The maximum atomic E-state index is 11.9. The van der Waals surface area contributed by atoms with Gasteiger partial charge in [0, 0.05) is 11.6 Å². The van der Waals surface area contributed by atoms with E-state index in [1.54, 1.807) is 0 Å². The fraction of sp³-hybridized carbons (Fsp3) is 0.300. The number of rotatable bonds is 7. The minimum absolute atomic E-state index is 0.00230. The van der Waals surface area contributed by atoms with E-state index in [0.29, 0.717) is 5.02 Å². The highest BCUT2D eigenvalue weighted by Gasteiger charge is 2.16. The second-order valence-electron chi connectivity index (χ2n) is 3.60. The van der Waals surface area contributed by atoms with E-state index < -0.39 is 15.9 Å². The first-order valence-corrected chi connectivity index (χ1v) is 7.10. The predicted octanol–water partition coefficient (Wildman–Crippen LogP) is -0.298. The van der Waals surface area contributed by atoms with Crippen LogP contribution in [0.25, 0.3) is 0 Å². The standard InChI is InChI=1S/C10H14ClN3O4S/c11-7-1-2-9(8(12)5-7)19(16,17)14-3-4-18-6-10(13)15/h1-2,5,14H,3-4,6,12H2,(H2,13,15). The van der Waals surface area contributed by atoms with Crippen LogP contribution in [0.15, 0.2) is 23.1 Å². The second kappa shape index (κ2) is 6.71. The van der Waals surface area contributed by atoms with Crippen molar-refractivity contribution in [3.8, 4) is 0 Å². The quantitative estimate of drug-likeness (QED) is 0.471. The molecule has 0 heterocycles. The second-order valence-corrected chi connectivity index (χ2v) is 5.77. The molecule has 0 saturated carbocycles. The number of carbonyl (C=O) groups is 1. The van der Waals surface area contributed by atoms with Gasteiger partial charge in [-0.3, -0.25) is 4.79 Å². The Morgan fingerprint density at radius 3 is 2.68 bits per heavy atom. The van der Waals surface area contributed by atoms with Gasteiger partial charge in [0.1, 0.15) is 11.5 Å². The first-order valence-electron chi connectivity index (χ1n) is 5.23. The number of hydrogen-bond donors (Lipinski definition) is 3. The Morgan fingerprint density at radius 2 is 2.11 bits per heavy atom. The fourth-order valence-corrected chi connectivity index (χ4v) is 2.57. The zero-order chi connectivity index (χ0) is 14.5. The van der Waals surface area contributed by atoms with E-state index in [4.69, 9.17) is 27.8 Å². The maximum absolute atomic E-state index is 11.9. The molecule has 106 valence electrons. The lowest BCUT2D eigenvalue weighted by atomic mass is 10.3. The number of amides is 1. The summed E-state index contributed by atoms with van der Waals surface area (Å²) in [6, 6.07) is 4.08. The molecule has 0 fully saturated rings. The summed E-state index contributed by atoms with van der Waals surface area (Å²) in [6.07, 6.45) is 0. The summed E-state index contributed by atoms with van der Waals surface area (Å²) < 4.78 is 30.9. The number of primary amides is 1. The van der Waals surface area contributed by atoms with E-state index >= 15 is 0 Å². The van der Waals surface area contributed by atoms with Crippen LogP contribution in [-0.2, 0) is 19.6 Å². The van der Waals surface area contributed by atoms with Crippen molar-refractivity contribution >= 4 is 33.2 Å². The van der Waals surface area contributed by atoms with E-state index in [9.17, 15) is 13.2 Å². The van der Waals surface area contributed by atoms with Crippen LogP contribution in [0.4, 0.5) is 5.69 Å². The van der Waals surface area contributed by atoms with Crippen molar-refractivity contribution in [2.45, 2.75) is 4.90 Å². The first kappa shape index (κ1) is 15.7. The number of ether oxygens (including phenoxy) is 1. The number of nitrogen functional groups attached to an aromatic ring is 1. The molecule has 1 aromatic rings. The zero-order valence-corrected chi connectivity index (χ0v) is 11.5. The van der Waals surface area contributed by atoms with Gasteiger partial charge in [0.25, 0.3) is 0 Å². The van der Waals surface area contributed by atoms with Gasteiger partial charge in [-0.15, -0.1) is 0 Å². The molecule has 5 N–H and O–H groups in total. The van der Waals surface area contributed by atoms with Gasteiger partial charge < -0.3 is 16.2 Å². The van der Waals surface area contributed by atoms with Gasteiger partial charge in [-0.1, -0.05) is 11.6 Å². The van der Waals surface area contributed by atoms with Gasteiger partial charge in [0.15, 0.2) is 0 Å². The Kier molecular flexibility index (Phi) is 5.55. The molecule has 19 heavy (non-hydrogen) atoms. The Labute approximate surface area is 115 Å². The van der Waals surface area contributed by atoms with E-state index in [1.807, 2.05) is 0 Å². The van der Waals surface area contributed by atoms with Crippen molar-refractivity contribution < 1.29 is 17.9 Å². The Balaban J connectivity index is 2.59. The minimum atomic E-state index is -3.74. The highest BCUT2D eigenvalue weighted by Crippen LogP contribution is 2.21. The average molecular weight is 308 g/mol. The topological polar surface area (TPSA) is 125 Å². The van der Waals surface area contributed by atoms with Crippen LogP contribution < -0.4 is 16.2 Å². The molecule has 0 aromatic heterocycles. The lowest BCUT2D eigenvalue weighted by Crippen LogP contribution is -2.29. The highest BCUT2D eigenvalue weighted by molar-refractivity contribution is 7.89. The third-order valence-electron chi connectivity index (χ3n) is 2.04. The van der Waals surface area contributed by atoms with Crippen molar-refractivity contribution in [3.63, 3.8) is 0 Å². The van der Waals surface area contributed by atoms with Gasteiger partial charge in [-0.2, -0.15) is 0 Å². The number of halogens is 1. The number of nitrogens with one attached hydrogen (secondary N) is 1. The molecule has 1 aromatic carbocycles. The number of sulfonamides is 1. The molecule has 0 atom stereocenters. The fourth-order valence-electron chi connectivity index (χ4n) is 1.26. The number of anilines is 1. The monoisotopic (exact) mass is 307 g/mol. The predicted molar refractivity (Wildman–Crippen MR) is 71.1 cm³/mol. The van der Waals surface area contributed by atoms with Crippen molar-refractivity contribution in [2.75, 3.05) is 25.5 Å². The molecule has 0 radical (unpaired) electrons. The average Bonchev–Trinajstić information content (AvgIpc) is 2.27. The Hall–Kier alpha value is -1.35. The molecule has 0 spiro atoms. The first-order chi connectivity index (χ1) is 8.83. The van der Waals surface area contributed by atoms with E-state index in [0.717, 1.165) is 0 Å². The zero-order valence-electron chi connectivity index (χ0n) is 9.93. The third-order valence-corrected chi connectivity index (χ3v) is 3.81. The summed E-state index contributed by atoms with van der Waals surface area (Å²) in [4.78, 5) is 10.3. The largest absolute Gasteiger partial charge is 0.398 e. The summed E-state index contributed by atoms with van der Waals surface area (Å²) in [5.41, 5.74) is 10.5. The Bertz CT molecular complexity index is 562. The number of carbonyl (C=O) groups excluding carboxylic acids is 1. The molecule has 0 aliphatic rings. The Morgan fingerprint density at radius 1 is 1.42 bits per heavy atom. The molecule has 1 rings (SSSR count). The molecule has 1 amide bonds. The van der Waals surface area contributed by atoms with Crippen LogP contribution in [0.3, 0.4) is 0 Å². The maximum Gasteiger partial charge on any atom is 0.243 e. The number of hydrogen-bond acceptors (Lipinski definition) is 5. The van der Waals surface area contributed by atoms with E-state index in [-0.39, 0.29) is 30.3 Å². The van der Waals surface area contributed by atoms with E-state index in [2.05, 4.69) is 4.72 Å². The lowest BCUT2D eigenvalue weighted by molar-refractivity contribution is -0.122. The van der Waals surface area contributed by atoms with Crippen LogP contribution in [-0.4, -0.2) is 34.1 Å². The minimum Gasteiger partial charge on any atom is -0.398 e. The lowest BCUT2D eigenvalue weighted by Gasteiger charge is -2.09. The van der Waals surface area contributed by atoms with Crippen LogP contribution >= 0.6 is 11.6 Å². The molecular formula is C10H14ClN3O4S. The van der Waals surface area contributed by atoms with Gasteiger partial charge in [-0.25, -0.2) is 13.1 Å². The van der Waals surface area contributed by atoms with Gasteiger partial charge in [-0.05, 0) is 18.2 Å². The molecule has 9 heteroatoms. The van der Waals surface area contributed by atoms with Crippen molar-refractivity contribution in [2.24, 2.45) is 5.73 Å². The highest BCUT2D eigenvalue weighted by atomic mass is 35.5. The molecule has 0 aliphatic heterocycles. The molecule has 7 nitrogen and oxygen atoms in total. The van der Waals surface area contributed by atoms with Crippen LogP contribution in [0.1, 0.15) is 0 Å². The summed E-state index contributed by atoms with van der Waals surface area (Å²) in [5, 5.41) is 0.348. The van der Waals surface area contributed by atoms with Crippen LogP contribution in [0.2, 0.25) is 5.02 Å². The van der Waals surface area contributed by atoms with Gasteiger partial charge in [0.2, 0.25) is 15.9 Å². The number of benzene rings is 1. The van der Waals surface area contributed by atoms with Crippen LogP contribution in [0, 0.1) is 0 Å². The van der Waals surface area contributed by atoms with Crippen molar-refractivity contribution in [1.82, 2.24) is 4.72 Å². The van der Waals surface area contributed by atoms with Crippen molar-refractivity contribution in [1.29, 1.82) is 0 Å².